The molecule has 3 aliphatic carbocycles. The van der Waals surface area contributed by atoms with Gasteiger partial charge in [0.25, 0.3) is 0 Å². The highest BCUT2D eigenvalue weighted by molar-refractivity contribution is 5.28. The summed E-state index contributed by atoms with van der Waals surface area (Å²) in [5.41, 5.74) is 1.68. The summed E-state index contributed by atoms with van der Waals surface area (Å²) < 4.78 is 0. The van der Waals surface area contributed by atoms with Crippen LogP contribution in [0.15, 0.2) is 23.8 Å². The van der Waals surface area contributed by atoms with Crippen LogP contribution in [0, 0.1) is 29.6 Å². The maximum atomic E-state index is 2.57. The van der Waals surface area contributed by atoms with E-state index in [1.165, 1.54) is 38.5 Å². The first-order chi connectivity index (χ1) is 8.27. The van der Waals surface area contributed by atoms with Gasteiger partial charge in [0.1, 0.15) is 0 Å². The largest absolute Gasteiger partial charge is 0.0842 e. The molecule has 0 bridgehead atoms. The van der Waals surface area contributed by atoms with Gasteiger partial charge in [-0.1, -0.05) is 38.5 Å². The van der Waals surface area contributed by atoms with E-state index in [9.17, 15) is 0 Å². The van der Waals surface area contributed by atoms with Gasteiger partial charge in [-0.15, -0.1) is 0 Å². The maximum absolute atomic E-state index is 2.57. The molecule has 0 aromatic heterocycles. The van der Waals surface area contributed by atoms with Crippen molar-refractivity contribution in [1.29, 1.82) is 0 Å². The summed E-state index contributed by atoms with van der Waals surface area (Å²) in [6, 6.07) is 0. The number of hydrogen-bond donors (Lipinski definition) is 0. The van der Waals surface area contributed by atoms with Crippen molar-refractivity contribution in [3.8, 4) is 0 Å². The summed E-state index contributed by atoms with van der Waals surface area (Å²) in [6.45, 7) is 4.88. The van der Waals surface area contributed by atoms with Crippen LogP contribution >= 0.6 is 0 Å². The minimum Gasteiger partial charge on any atom is -0.0842 e. The Balaban J connectivity index is 1.86. The van der Waals surface area contributed by atoms with E-state index >= 15 is 0 Å². The lowest BCUT2D eigenvalue weighted by atomic mass is 9.58. The second-order valence-electron chi connectivity index (χ2n) is 6.69. The van der Waals surface area contributed by atoms with Crippen LogP contribution in [-0.2, 0) is 0 Å². The van der Waals surface area contributed by atoms with Crippen molar-refractivity contribution in [2.45, 2.75) is 52.4 Å². The van der Waals surface area contributed by atoms with Crippen molar-refractivity contribution >= 4 is 0 Å². The molecule has 4 atom stereocenters. The SMILES string of the molecule is CC(C)C1CCCC2C3CCC=CC3=CCC12. The molecule has 4 unspecified atom stereocenters. The smallest absolute Gasteiger partial charge is 0.0131 e. The molecule has 0 amide bonds. The molecule has 0 heteroatoms. The number of rotatable bonds is 1. The second kappa shape index (κ2) is 4.63. The summed E-state index contributed by atoms with van der Waals surface area (Å²) in [4.78, 5) is 0. The Labute approximate surface area is 106 Å². The molecule has 3 rings (SSSR count). The molecular formula is C17H26. The first-order valence-electron chi connectivity index (χ1n) is 7.64. The highest BCUT2D eigenvalue weighted by Crippen LogP contribution is 2.50. The molecule has 3 aliphatic rings. The van der Waals surface area contributed by atoms with Gasteiger partial charge in [0.15, 0.2) is 0 Å². The van der Waals surface area contributed by atoms with Gasteiger partial charge in [-0.25, -0.2) is 0 Å². The van der Waals surface area contributed by atoms with E-state index in [1.807, 2.05) is 0 Å². The minimum absolute atomic E-state index is 0.886. The van der Waals surface area contributed by atoms with Crippen LogP contribution in [0.3, 0.4) is 0 Å². The van der Waals surface area contributed by atoms with E-state index in [2.05, 4.69) is 32.1 Å². The molecule has 0 aliphatic heterocycles. The lowest BCUT2D eigenvalue weighted by Crippen LogP contribution is -2.38. The van der Waals surface area contributed by atoms with Gasteiger partial charge in [-0.05, 0) is 67.3 Å². The van der Waals surface area contributed by atoms with Gasteiger partial charge in [-0.3, -0.25) is 0 Å². The van der Waals surface area contributed by atoms with Crippen LogP contribution < -0.4 is 0 Å². The average molecular weight is 230 g/mol. The first-order valence-corrected chi connectivity index (χ1v) is 7.64. The van der Waals surface area contributed by atoms with Gasteiger partial charge in [0.2, 0.25) is 0 Å². The Morgan fingerprint density at radius 1 is 1.12 bits per heavy atom. The Kier molecular flexibility index (Phi) is 3.15. The van der Waals surface area contributed by atoms with Crippen LogP contribution in [0.5, 0.6) is 0 Å². The summed E-state index contributed by atoms with van der Waals surface area (Å²) in [7, 11) is 0. The molecule has 1 saturated carbocycles. The zero-order valence-electron chi connectivity index (χ0n) is 11.4. The van der Waals surface area contributed by atoms with Crippen molar-refractivity contribution in [3.05, 3.63) is 23.8 Å². The number of hydrogen-bond acceptors (Lipinski definition) is 0. The highest BCUT2D eigenvalue weighted by Gasteiger charge is 2.41. The van der Waals surface area contributed by atoms with E-state index in [-0.39, 0.29) is 0 Å². The maximum Gasteiger partial charge on any atom is -0.0131 e. The lowest BCUT2D eigenvalue weighted by molar-refractivity contribution is 0.0734. The summed E-state index contributed by atoms with van der Waals surface area (Å²) in [6.07, 6.45) is 16.0. The number of fused-ring (bicyclic) bond motifs is 3. The molecule has 0 nitrogen and oxygen atoms in total. The molecule has 0 N–H and O–H groups in total. The molecule has 0 aromatic carbocycles. The van der Waals surface area contributed by atoms with Gasteiger partial charge < -0.3 is 0 Å². The van der Waals surface area contributed by atoms with Gasteiger partial charge in [-0.2, -0.15) is 0 Å². The first kappa shape index (κ1) is 11.6. The van der Waals surface area contributed by atoms with Gasteiger partial charge in [0, 0.05) is 0 Å². The van der Waals surface area contributed by atoms with Crippen LogP contribution in [0.4, 0.5) is 0 Å². The average Bonchev–Trinajstić information content (AvgIpc) is 2.37. The molecule has 17 heavy (non-hydrogen) atoms. The molecular weight excluding hydrogens is 204 g/mol. The van der Waals surface area contributed by atoms with Gasteiger partial charge in [0.05, 0.1) is 0 Å². The predicted molar refractivity (Wildman–Crippen MR) is 73.7 cm³/mol. The van der Waals surface area contributed by atoms with E-state index in [0.717, 1.165) is 29.6 Å². The molecule has 94 valence electrons. The molecule has 0 aromatic rings. The highest BCUT2D eigenvalue weighted by atomic mass is 14.5. The third-order valence-electron chi connectivity index (χ3n) is 5.56. The van der Waals surface area contributed by atoms with E-state index in [0.29, 0.717) is 0 Å². The van der Waals surface area contributed by atoms with Gasteiger partial charge >= 0.3 is 0 Å². The second-order valence-corrected chi connectivity index (χ2v) is 6.69. The summed E-state index contributed by atoms with van der Waals surface area (Å²) >= 11 is 0. The third-order valence-corrected chi connectivity index (χ3v) is 5.56. The quantitative estimate of drug-likeness (QED) is 0.596. The molecule has 0 radical (unpaired) electrons. The predicted octanol–water partition coefficient (Wildman–Crippen LogP) is 4.97. The topological polar surface area (TPSA) is 0 Å². The van der Waals surface area contributed by atoms with Crippen LogP contribution in [-0.4, -0.2) is 0 Å². The van der Waals surface area contributed by atoms with E-state index in [1.54, 1.807) is 5.57 Å². The van der Waals surface area contributed by atoms with Crippen molar-refractivity contribution in [2.75, 3.05) is 0 Å². The summed E-state index contributed by atoms with van der Waals surface area (Å²) in [5.74, 6) is 4.82. The minimum atomic E-state index is 0.886. The van der Waals surface area contributed by atoms with Crippen molar-refractivity contribution in [3.63, 3.8) is 0 Å². The molecule has 0 saturated heterocycles. The lowest BCUT2D eigenvalue weighted by Gasteiger charge is -2.47. The monoisotopic (exact) mass is 230 g/mol. The van der Waals surface area contributed by atoms with Crippen molar-refractivity contribution in [1.82, 2.24) is 0 Å². The zero-order chi connectivity index (χ0) is 11.8. The molecule has 0 heterocycles. The molecule has 1 fully saturated rings. The normalized spacial score (nSPS) is 40.8. The Morgan fingerprint density at radius 3 is 2.82 bits per heavy atom. The van der Waals surface area contributed by atoms with Crippen LogP contribution in [0.25, 0.3) is 0 Å². The fraction of sp³-hybridized carbons (Fsp3) is 0.765. The van der Waals surface area contributed by atoms with Crippen molar-refractivity contribution < 1.29 is 0 Å². The Bertz CT molecular complexity index is 334. The zero-order valence-corrected chi connectivity index (χ0v) is 11.4. The van der Waals surface area contributed by atoms with Crippen LogP contribution in [0.1, 0.15) is 52.4 Å². The van der Waals surface area contributed by atoms with E-state index in [4.69, 9.17) is 0 Å². The molecule has 0 spiro atoms. The fourth-order valence-electron chi connectivity index (χ4n) is 4.75. The Morgan fingerprint density at radius 2 is 2.00 bits per heavy atom. The van der Waals surface area contributed by atoms with E-state index < -0.39 is 0 Å². The Hall–Kier alpha value is -0.520. The number of allylic oxidation sites excluding steroid dienone is 4. The summed E-state index contributed by atoms with van der Waals surface area (Å²) in [5, 5.41) is 0. The standard InChI is InChI=1S/C17H26/c1-12(2)14-8-5-9-16-15-7-4-3-6-13(15)10-11-17(14)16/h3,6,10,12,14-17H,4-5,7-9,11H2,1-2H3. The van der Waals surface area contributed by atoms with Crippen molar-refractivity contribution in [2.24, 2.45) is 29.6 Å². The third kappa shape index (κ3) is 2.00. The fourth-order valence-corrected chi connectivity index (χ4v) is 4.75. The van der Waals surface area contributed by atoms with Crippen LogP contribution in [0.2, 0.25) is 0 Å².